The molecule has 0 bridgehead atoms. The average Bonchev–Trinajstić information content (AvgIpc) is 3.68. The Morgan fingerprint density at radius 2 is 1.63 bits per heavy atom. The largest absolute Gasteiger partial charge is 0.454 e. The van der Waals surface area contributed by atoms with E-state index in [9.17, 15) is 4.79 Å². The lowest BCUT2D eigenvalue weighted by Gasteiger charge is -2.18. The minimum Gasteiger partial charge on any atom is -0.454 e. The molecule has 1 fully saturated rings. The van der Waals surface area contributed by atoms with Gasteiger partial charge >= 0.3 is 0 Å². The molecule has 38 heavy (non-hydrogen) atoms. The number of nitrogens with one attached hydrogen (secondary N) is 1. The molecule has 0 spiro atoms. The molecule has 4 aromatic rings. The number of anilines is 1. The highest BCUT2D eigenvalue weighted by Gasteiger charge is 2.17. The maximum Gasteiger partial charge on any atom is 0.251 e. The van der Waals surface area contributed by atoms with Crippen LogP contribution in [0.15, 0.2) is 84.0 Å². The van der Waals surface area contributed by atoms with Crippen LogP contribution in [0.3, 0.4) is 0 Å². The molecule has 7 nitrogen and oxygen atoms in total. The molecular weight excluding hydrogens is 496 g/mol. The van der Waals surface area contributed by atoms with Gasteiger partial charge in [0.2, 0.25) is 6.79 Å². The monoisotopic (exact) mass is 524 g/mol. The summed E-state index contributed by atoms with van der Waals surface area (Å²) < 4.78 is 10.8. The second kappa shape index (κ2) is 11.1. The van der Waals surface area contributed by atoms with Gasteiger partial charge in [0.1, 0.15) is 5.82 Å². The number of fused-ring (bicyclic) bond motifs is 1. The fraction of sp³-hybridized carbons (Fsp3) is 0.233. The second-order valence-corrected chi connectivity index (χ2v) is 10.3. The van der Waals surface area contributed by atoms with Crippen molar-refractivity contribution in [2.75, 3.05) is 24.8 Å². The summed E-state index contributed by atoms with van der Waals surface area (Å²) in [5.74, 6) is 3.04. The fourth-order valence-corrected chi connectivity index (χ4v) is 5.39. The summed E-state index contributed by atoms with van der Waals surface area (Å²) in [6, 6.07) is 25.7. The van der Waals surface area contributed by atoms with Crippen molar-refractivity contribution in [3.05, 3.63) is 95.6 Å². The van der Waals surface area contributed by atoms with Gasteiger partial charge in [0.15, 0.2) is 16.7 Å². The van der Waals surface area contributed by atoms with Crippen molar-refractivity contribution in [2.45, 2.75) is 30.3 Å². The van der Waals surface area contributed by atoms with Crippen LogP contribution in [0, 0.1) is 0 Å². The van der Waals surface area contributed by atoms with Crippen molar-refractivity contribution < 1.29 is 14.3 Å². The van der Waals surface area contributed by atoms with Crippen molar-refractivity contribution in [1.82, 2.24) is 15.3 Å². The molecular formula is C30H28N4O3S. The third-order valence-electron chi connectivity index (χ3n) is 6.67. The summed E-state index contributed by atoms with van der Waals surface area (Å²) in [7, 11) is 0. The van der Waals surface area contributed by atoms with Gasteiger partial charge in [-0.2, -0.15) is 0 Å². The van der Waals surface area contributed by atoms with Gasteiger partial charge in [-0.1, -0.05) is 60.3 Å². The highest BCUT2D eigenvalue weighted by atomic mass is 32.2. The molecule has 1 amide bonds. The SMILES string of the molecule is O=C(NCc1ccc2c(c1)OCO2)c1ccc(CSc2nc(-c3ccccc3)cc(N3CCCC3)n2)cc1. The minimum atomic E-state index is -0.115. The van der Waals surface area contributed by atoms with Crippen LogP contribution in [-0.4, -0.2) is 35.8 Å². The average molecular weight is 525 g/mol. The lowest BCUT2D eigenvalue weighted by Crippen LogP contribution is -2.22. The molecule has 2 aliphatic rings. The van der Waals surface area contributed by atoms with E-state index >= 15 is 0 Å². The first-order valence-corrected chi connectivity index (χ1v) is 13.8. The quantitative estimate of drug-likeness (QED) is 0.234. The lowest BCUT2D eigenvalue weighted by atomic mass is 10.1. The number of hydrogen-bond acceptors (Lipinski definition) is 7. The summed E-state index contributed by atoms with van der Waals surface area (Å²) in [5, 5.41) is 3.74. The maximum atomic E-state index is 12.7. The Morgan fingerprint density at radius 1 is 0.868 bits per heavy atom. The summed E-state index contributed by atoms with van der Waals surface area (Å²) in [4.78, 5) is 24.8. The standard InChI is InChI=1S/C30H28N4O3S/c35-29(31-18-22-10-13-26-27(16-22)37-20-36-26)24-11-8-21(9-12-24)19-38-30-32-25(23-6-2-1-3-7-23)17-28(33-30)34-14-4-5-15-34/h1-3,6-13,16-17H,4-5,14-15,18-20H2,(H,31,35). The van der Waals surface area contributed by atoms with Crippen LogP contribution >= 0.6 is 11.8 Å². The molecule has 192 valence electrons. The number of aromatic nitrogens is 2. The summed E-state index contributed by atoms with van der Waals surface area (Å²) >= 11 is 1.62. The number of carbonyl (C=O) groups excluding carboxylic acids is 1. The normalized spacial score (nSPS) is 14.1. The number of rotatable bonds is 8. The zero-order chi connectivity index (χ0) is 25.7. The van der Waals surface area contributed by atoms with E-state index in [2.05, 4.69) is 28.4 Å². The third-order valence-corrected chi connectivity index (χ3v) is 7.58. The number of benzene rings is 3. The molecule has 3 aromatic carbocycles. The van der Waals surface area contributed by atoms with E-state index in [1.165, 1.54) is 12.8 Å². The first-order chi connectivity index (χ1) is 18.7. The van der Waals surface area contributed by atoms with Crippen LogP contribution < -0.4 is 19.7 Å². The van der Waals surface area contributed by atoms with Crippen molar-refractivity contribution >= 4 is 23.5 Å². The highest BCUT2D eigenvalue weighted by Crippen LogP contribution is 2.32. The Bertz CT molecular complexity index is 1420. The smallest absolute Gasteiger partial charge is 0.251 e. The first kappa shape index (κ1) is 24.3. The van der Waals surface area contributed by atoms with Crippen LogP contribution in [0.25, 0.3) is 11.3 Å². The van der Waals surface area contributed by atoms with Gasteiger partial charge in [-0.3, -0.25) is 4.79 Å². The molecule has 3 heterocycles. The first-order valence-electron chi connectivity index (χ1n) is 12.8. The Hall–Kier alpha value is -4.04. The predicted octanol–water partition coefficient (Wildman–Crippen LogP) is 5.69. The van der Waals surface area contributed by atoms with Gasteiger partial charge in [0, 0.05) is 42.6 Å². The molecule has 0 radical (unpaired) electrons. The van der Waals surface area contributed by atoms with E-state index in [4.69, 9.17) is 19.4 Å². The van der Waals surface area contributed by atoms with Crippen molar-refractivity contribution in [2.24, 2.45) is 0 Å². The maximum absolute atomic E-state index is 12.7. The molecule has 1 saturated heterocycles. The number of amides is 1. The molecule has 6 rings (SSSR count). The van der Waals surface area contributed by atoms with Gasteiger partial charge < -0.3 is 19.7 Å². The number of nitrogens with zero attached hydrogens (tertiary/aromatic N) is 3. The molecule has 1 aromatic heterocycles. The summed E-state index contributed by atoms with van der Waals surface area (Å²) in [6.45, 7) is 2.72. The molecule has 8 heteroatoms. The predicted molar refractivity (Wildman–Crippen MR) is 149 cm³/mol. The van der Waals surface area contributed by atoms with Gasteiger partial charge in [0.25, 0.3) is 5.91 Å². The minimum absolute atomic E-state index is 0.115. The molecule has 2 aliphatic heterocycles. The number of carbonyl (C=O) groups is 1. The van der Waals surface area contributed by atoms with Crippen molar-refractivity contribution in [1.29, 1.82) is 0 Å². The number of thioether (sulfide) groups is 1. The van der Waals surface area contributed by atoms with Crippen LogP contribution in [0.5, 0.6) is 11.5 Å². The van der Waals surface area contributed by atoms with Crippen LogP contribution in [-0.2, 0) is 12.3 Å². The second-order valence-electron chi connectivity index (χ2n) is 9.31. The summed E-state index contributed by atoms with van der Waals surface area (Å²) in [5.41, 5.74) is 4.73. The van der Waals surface area contributed by atoms with Gasteiger partial charge in [-0.25, -0.2) is 9.97 Å². The summed E-state index contributed by atoms with van der Waals surface area (Å²) in [6.07, 6.45) is 2.40. The molecule has 0 aliphatic carbocycles. The van der Waals surface area contributed by atoms with Crippen LogP contribution in [0.2, 0.25) is 0 Å². The van der Waals surface area contributed by atoms with E-state index < -0.39 is 0 Å². The number of hydrogen-bond donors (Lipinski definition) is 1. The highest BCUT2D eigenvalue weighted by molar-refractivity contribution is 7.98. The van der Waals surface area contributed by atoms with E-state index in [1.54, 1.807) is 11.8 Å². The Morgan fingerprint density at radius 3 is 2.45 bits per heavy atom. The van der Waals surface area contributed by atoms with Gasteiger partial charge in [-0.15, -0.1) is 0 Å². The Balaban J connectivity index is 1.10. The zero-order valence-corrected chi connectivity index (χ0v) is 21.7. The lowest BCUT2D eigenvalue weighted by molar-refractivity contribution is 0.0951. The fourth-order valence-electron chi connectivity index (χ4n) is 4.58. The van der Waals surface area contributed by atoms with Gasteiger partial charge in [0.05, 0.1) is 5.69 Å². The Labute approximate surface area is 226 Å². The van der Waals surface area contributed by atoms with E-state index in [-0.39, 0.29) is 12.7 Å². The van der Waals surface area contributed by atoms with Crippen LogP contribution in [0.4, 0.5) is 5.82 Å². The molecule has 0 saturated carbocycles. The van der Waals surface area contributed by atoms with E-state index in [0.29, 0.717) is 17.9 Å². The zero-order valence-electron chi connectivity index (χ0n) is 20.9. The third kappa shape index (κ3) is 5.60. The number of ether oxygens (including phenoxy) is 2. The van der Waals surface area contributed by atoms with Crippen molar-refractivity contribution in [3.63, 3.8) is 0 Å². The van der Waals surface area contributed by atoms with Gasteiger partial charge in [-0.05, 0) is 48.2 Å². The van der Waals surface area contributed by atoms with Crippen LogP contribution in [0.1, 0.15) is 34.3 Å². The van der Waals surface area contributed by atoms with E-state index in [1.807, 2.05) is 60.7 Å². The Kier molecular flexibility index (Phi) is 7.13. The molecule has 1 N–H and O–H groups in total. The van der Waals surface area contributed by atoms with E-state index in [0.717, 1.165) is 58.0 Å². The molecule has 0 unspecified atom stereocenters. The molecule has 0 atom stereocenters. The topological polar surface area (TPSA) is 76.6 Å². The van der Waals surface area contributed by atoms with Crippen molar-refractivity contribution in [3.8, 4) is 22.8 Å².